The smallest absolute Gasteiger partial charge is 0.303 e. The third-order valence-corrected chi connectivity index (χ3v) is 6.38. The molecule has 0 saturated heterocycles. The molecule has 8 heteroatoms. The number of carbonyl (C=O) groups excluding carboxylic acids is 1. The van der Waals surface area contributed by atoms with E-state index >= 15 is 0 Å². The lowest BCUT2D eigenvalue weighted by atomic mass is 10.1. The molecule has 2 heterocycles. The number of halogens is 1. The van der Waals surface area contributed by atoms with Gasteiger partial charge in [0.15, 0.2) is 5.06 Å². The number of carboxylic acid groups (broad SMARTS) is 1. The highest BCUT2D eigenvalue weighted by atomic mass is 79.9. The summed E-state index contributed by atoms with van der Waals surface area (Å²) < 4.78 is 8.26. The maximum atomic E-state index is 11.5. The van der Waals surface area contributed by atoms with E-state index in [4.69, 9.17) is 15.6 Å². The van der Waals surface area contributed by atoms with E-state index in [0.29, 0.717) is 12.0 Å². The minimum atomic E-state index is -0.853. The van der Waals surface area contributed by atoms with E-state index in [1.54, 1.807) is 19.2 Å². The van der Waals surface area contributed by atoms with Crippen LogP contribution >= 0.6 is 27.3 Å². The molecule has 28 heavy (non-hydrogen) atoms. The number of carboxylic acids is 1. The lowest BCUT2D eigenvalue weighted by Crippen LogP contribution is -2.12. The maximum Gasteiger partial charge on any atom is 0.303 e. The van der Waals surface area contributed by atoms with E-state index in [-0.39, 0.29) is 6.42 Å². The first kappa shape index (κ1) is 20.2. The van der Waals surface area contributed by atoms with E-state index in [1.807, 2.05) is 35.8 Å². The number of methoxy groups -OCH3 is 1. The van der Waals surface area contributed by atoms with Gasteiger partial charge in [0.2, 0.25) is 5.91 Å². The molecule has 0 saturated carbocycles. The maximum absolute atomic E-state index is 11.5. The lowest BCUT2D eigenvalue weighted by molar-refractivity contribution is -0.136. The summed E-state index contributed by atoms with van der Waals surface area (Å²) in [4.78, 5) is 23.6. The molecule has 0 spiro atoms. The third-order valence-electron chi connectivity index (χ3n) is 4.38. The van der Waals surface area contributed by atoms with E-state index < -0.39 is 11.9 Å². The predicted octanol–water partition coefficient (Wildman–Crippen LogP) is 4.40. The summed E-state index contributed by atoms with van der Waals surface area (Å²) in [5, 5.41) is 9.88. The number of aryl methyl sites for hydroxylation is 2. The number of ether oxygens (including phenoxy) is 1. The second-order valence-electron chi connectivity index (χ2n) is 6.25. The van der Waals surface area contributed by atoms with Crippen molar-refractivity contribution < 1.29 is 19.4 Å². The van der Waals surface area contributed by atoms with E-state index in [0.717, 1.165) is 37.1 Å². The molecule has 0 fully saturated rings. The standard InChI is InChI=1S/C20H19BrN2O4S/c1-11-9-12(20(22)26)3-6-15(11)23-13(5-8-17(24)25)4-7-16(23)19-14(21)10-18(27-2)28-19/h3-4,6-7,9-10H,5,8H2,1-2H3,(H2,22,26)(H,24,25). The average Bonchev–Trinajstić information content (AvgIpc) is 3.22. The van der Waals surface area contributed by atoms with Gasteiger partial charge in [0.05, 0.1) is 24.1 Å². The number of nitrogens with zero attached hydrogens (tertiary/aromatic N) is 1. The lowest BCUT2D eigenvalue weighted by Gasteiger charge is -2.16. The van der Waals surface area contributed by atoms with E-state index in [9.17, 15) is 9.59 Å². The topological polar surface area (TPSA) is 94.6 Å². The van der Waals surface area contributed by atoms with Gasteiger partial charge >= 0.3 is 5.97 Å². The van der Waals surface area contributed by atoms with Crippen LogP contribution in [0, 0.1) is 6.92 Å². The van der Waals surface area contributed by atoms with Crippen molar-refractivity contribution in [2.24, 2.45) is 5.73 Å². The van der Waals surface area contributed by atoms with Gasteiger partial charge in [0.1, 0.15) is 0 Å². The molecule has 0 bridgehead atoms. The van der Waals surface area contributed by atoms with Crippen LogP contribution in [0.15, 0.2) is 40.9 Å². The van der Waals surface area contributed by atoms with Crippen molar-refractivity contribution in [2.45, 2.75) is 19.8 Å². The summed E-state index contributed by atoms with van der Waals surface area (Å²) in [6.07, 6.45) is 0.406. The number of primary amides is 1. The van der Waals surface area contributed by atoms with Crippen molar-refractivity contribution in [1.82, 2.24) is 4.57 Å². The number of aliphatic carboxylic acids is 1. The summed E-state index contributed by atoms with van der Waals surface area (Å²) in [7, 11) is 1.62. The number of benzene rings is 1. The molecule has 146 valence electrons. The molecule has 3 aromatic rings. The van der Waals surface area contributed by atoms with Gasteiger partial charge in [-0.05, 0) is 65.2 Å². The van der Waals surface area contributed by atoms with Gasteiger partial charge in [0, 0.05) is 27.5 Å². The molecule has 0 radical (unpaired) electrons. The quantitative estimate of drug-likeness (QED) is 0.543. The van der Waals surface area contributed by atoms with Crippen LogP contribution in [0.5, 0.6) is 5.06 Å². The highest BCUT2D eigenvalue weighted by Crippen LogP contribution is 2.42. The predicted molar refractivity (Wildman–Crippen MR) is 113 cm³/mol. The molecule has 0 aliphatic heterocycles. The molecule has 3 rings (SSSR count). The Bertz CT molecular complexity index is 1050. The van der Waals surface area contributed by atoms with Crippen molar-refractivity contribution in [3.63, 3.8) is 0 Å². The summed E-state index contributed by atoms with van der Waals surface area (Å²) in [5.74, 6) is -1.34. The van der Waals surface area contributed by atoms with Crippen LogP contribution in [-0.4, -0.2) is 28.7 Å². The zero-order chi connectivity index (χ0) is 20.4. The third kappa shape index (κ3) is 3.98. The zero-order valence-electron chi connectivity index (χ0n) is 15.4. The summed E-state index contributed by atoms with van der Waals surface area (Å²) >= 11 is 5.08. The van der Waals surface area contributed by atoms with Crippen LogP contribution in [-0.2, 0) is 11.2 Å². The molecular weight excluding hydrogens is 444 g/mol. The number of amides is 1. The van der Waals surface area contributed by atoms with Crippen LogP contribution in [0.1, 0.15) is 28.0 Å². The molecule has 0 aliphatic rings. The number of hydrogen-bond acceptors (Lipinski definition) is 4. The Hall–Kier alpha value is -2.58. The fourth-order valence-corrected chi connectivity index (χ4v) is 4.74. The minimum absolute atomic E-state index is 0.0246. The number of hydrogen-bond donors (Lipinski definition) is 2. The molecule has 1 amide bonds. The summed E-state index contributed by atoms with van der Waals surface area (Å²) in [6.45, 7) is 1.90. The van der Waals surface area contributed by atoms with Gasteiger partial charge in [-0.3, -0.25) is 9.59 Å². The van der Waals surface area contributed by atoms with Gasteiger partial charge in [-0.2, -0.15) is 0 Å². The molecule has 1 aromatic carbocycles. The normalized spacial score (nSPS) is 10.8. The van der Waals surface area contributed by atoms with Crippen molar-refractivity contribution in [1.29, 1.82) is 0 Å². The Labute approximate surface area is 174 Å². The average molecular weight is 463 g/mol. The van der Waals surface area contributed by atoms with Crippen LogP contribution < -0.4 is 10.5 Å². The highest BCUT2D eigenvalue weighted by Gasteiger charge is 2.19. The molecule has 3 N–H and O–H groups in total. The van der Waals surface area contributed by atoms with E-state index in [2.05, 4.69) is 15.9 Å². The van der Waals surface area contributed by atoms with Gasteiger partial charge in [-0.25, -0.2) is 0 Å². The molecule has 0 aliphatic carbocycles. The van der Waals surface area contributed by atoms with E-state index in [1.165, 1.54) is 11.3 Å². The Kier molecular flexibility index (Phi) is 5.90. The van der Waals surface area contributed by atoms with Crippen molar-refractivity contribution in [3.05, 3.63) is 57.7 Å². The molecular formula is C20H19BrN2O4S. The van der Waals surface area contributed by atoms with Crippen LogP contribution in [0.4, 0.5) is 0 Å². The Balaban J connectivity index is 2.18. The van der Waals surface area contributed by atoms with Crippen molar-refractivity contribution >= 4 is 39.1 Å². The first-order chi connectivity index (χ1) is 13.3. The molecule has 0 atom stereocenters. The van der Waals surface area contributed by atoms with Crippen molar-refractivity contribution in [2.75, 3.05) is 7.11 Å². The Morgan fingerprint density at radius 2 is 2.00 bits per heavy atom. The number of aromatic nitrogens is 1. The van der Waals surface area contributed by atoms with Crippen LogP contribution in [0.25, 0.3) is 16.3 Å². The van der Waals surface area contributed by atoms with Crippen molar-refractivity contribution in [3.8, 4) is 21.3 Å². The van der Waals surface area contributed by atoms with Gasteiger partial charge in [-0.15, -0.1) is 0 Å². The number of nitrogens with two attached hydrogens (primary N) is 1. The Morgan fingerprint density at radius 1 is 1.25 bits per heavy atom. The number of rotatable bonds is 7. The number of thiophene rings is 1. The Morgan fingerprint density at radius 3 is 2.57 bits per heavy atom. The van der Waals surface area contributed by atoms with Gasteiger partial charge in [0.25, 0.3) is 0 Å². The zero-order valence-corrected chi connectivity index (χ0v) is 17.8. The summed E-state index contributed by atoms with van der Waals surface area (Å²) in [6, 6.07) is 11.1. The van der Waals surface area contributed by atoms with Gasteiger partial charge < -0.3 is 20.1 Å². The highest BCUT2D eigenvalue weighted by molar-refractivity contribution is 9.10. The summed E-state index contributed by atoms with van der Waals surface area (Å²) in [5.41, 5.74) is 9.33. The minimum Gasteiger partial charge on any atom is -0.487 e. The molecule has 2 aromatic heterocycles. The monoisotopic (exact) mass is 462 g/mol. The van der Waals surface area contributed by atoms with Gasteiger partial charge in [-0.1, -0.05) is 11.3 Å². The first-order valence-electron chi connectivity index (χ1n) is 8.48. The molecule has 0 unspecified atom stereocenters. The first-order valence-corrected chi connectivity index (χ1v) is 10.1. The van der Waals surface area contributed by atoms with Crippen LogP contribution in [0.3, 0.4) is 0 Å². The second kappa shape index (κ2) is 8.20. The molecule has 6 nitrogen and oxygen atoms in total. The number of carbonyl (C=O) groups is 2. The largest absolute Gasteiger partial charge is 0.487 e. The SMILES string of the molecule is COc1cc(Br)c(-c2ccc(CCC(=O)O)n2-c2ccc(C(N)=O)cc2C)s1. The second-order valence-corrected chi connectivity index (χ2v) is 8.12. The fraction of sp³-hybridized carbons (Fsp3) is 0.200. The van der Waals surface area contributed by atoms with Crippen LogP contribution in [0.2, 0.25) is 0 Å². The fourth-order valence-electron chi connectivity index (χ4n) is 3.05.